The van der Waals surface area contributed by atoms with Crippen molar-refractivity contribution in [3.8, 4) is 17.1 Å². The van der Waals surface area contributed by atoms with Crippen LogP contribution in [-0.2, 0) is 11.2 Å². The molecule has 3 aromatic rings. The number of likely N-dealkylation sites (tertiary alicyclic amines) is 1. The number of ether oxygens (including phenoxy) is 1. The zero-order valence-corrected chi connectivity index (χ0v) is 17.9. The second-order valence-corrected chi connectivity index (χ2v) is 7.70. The number of aromatic nitrogens is 3. The molecule has 0 spiro atoms. The molecule has 4 rings (SSSR count). The lowest BCUT2D eigenvalue weighted by Gasteiger charge is -2.30. The minimum Gasteiger partial charge on any atom is -0.494 e. The summed E-state index contributed by atoms with van der Waals surface area (Å²) in [5.74, 6) is 1.94. The number of hydrogen-bond donors (Lipinski definition) is 0. The second-order valence-electron chi connectivity index (χ2n) is 7.70. The SMILES string of the molecule is CCOc1ccc(-c2noc(CCC(=O)N3CCCCCC3c3ccncc3)n2)cc1. The van der Waals surface area contributed by atoms with E-state index in [1.165, 1.54) is 0 Å². The molecule has 31 heavy (non-hydrogen) atoms. The van der Waals surface area contributed by atoms with Gasteiger partial charge in [0.15, 0.2) is 0 Å². The van der Waals surface area contributed by atoms with E-state index in [-0.39, 0.29) is 11.9 Å². The van der Waals surface area contributed by atoms with Gasteiger partial charge in [-0.25, -0.2) is 0 Å². The summed E-state index contributed by atoms with van der Waals surface area (Å²) in [5, 5.41) is 4.07. The number of pyridine rings is 1. The highest BCUT2D eigenvalue weighted by Gasteiger charge is 2.26. The van der Waals surface area contributed by atoms with Crippen molar-refractivity contribution in [2.75, 3.05) is 13.2 Å². The van der Waals surface area contributed by atoms with E-state index in [1.807, 2.05) is 48.2 Å². The molecule has 7 heteroatoms. The van der Waals surface area contributed by atoms with Gasteiger partial charge in [0.2, 0.25) is 17.6 Å². The van der Waals surface area contributed by atoms with Crippen molar-refractivity contribution in [1.82, 2.24) is 20.0 Å². The average Bonchev–Trinajstić information content (AvgIpc) is 3.14. The van der Waals surface area contributed by atoms with E-state index in [4.69, 9.17) is 9.26 Å². The minimum atomic E-state index is 0.111. The lowest BCUT2D eigenvalue weighted by molar-refractivity contribution is -0.133. The van der Waals surface area contributed by atoms with E-state index in [2.05, 4.69) is 15.1 Å². The molecule has 162 valence electrons. The topological polar surface area (TPSA) is 81.4 Å². The molecule has 0 radical (unpaired) electrons. The van der Waals surface area contributed by atoms with Crippen LogP contribution in [0.5, 0.6) is 5.75 Å². The second kappa shape index (κ2) is 10.2. The Kier molecular flexibility index (Phi) is 6.92. The molecule has 0 N–H and O–H groups in total. The van der Waals surface area contributed by atoms with Crippen LogP contribution in [0.4, 0.5) is 0 Å². The Morgan fingerprint density at radius 3 is 2.71 bits per heavy atom. The number of carbonyl (C=O) groups is 1. The van der Waals surface area contributed by atoms with Gasteiger partial charge in [0.05, 0.1) is 12.6 Å². The van der Waals surface area contributed by atoms with Gasteiger partial charge in [0.1, 0.15) is 5.75 Å². The molecule has 1 unspecified atom stereocenters. The maximum absolute atomic E-state index is 13.1. The first kappa shape index (κ1) is 21.0. The fraction of sp³-hybridized carbons (Fsp3) is 0.417. The van der Waals surface area contributed by atoms with Crippen molar-refractivity contribution >= 4 is 5.91 Å². The Morgan fingerprint density at radius 2 is 1.94 bits per heavy atom. The molecule has 1 aromatic carbocycles. The van der Waals surface area contributed by atoms with Crippen LogP contribution in [0.15, 0.2) is 53.3 Å². The van der Waals surface area contributed by atoms with Crippen LogP contribution in [0.2, 0.25) is 0 Å². The molecule has 7 nitrogen and oxygen atoms in total. The zero-order valence-electron chi connectivity index (χ0n) is 17.9. The Morgan fingerprint density at radius 1 is 1.13 bits per heavy atom. The summed E-state index contributed by atoms with van der Waals surface area (Å²) in [5.41, 5.74) is 2.01. The van der Waals surface area contributed by atoms with E-state index in [1.54, 1.807) is 12.4 Å². The van der Waals surface area contributed by atoms with Crippen LogP contribution < -0.4 is 4.74 Å². The summed E-state index contributed by atoms with van der Waals surface area (Å²) in [4.78, 5) is 23.7. The molecular formula is C24H28N4O3. The molecule has 1 atom stereocenters. The van der Waals surface area contributed by atoms with Gasteiger partial charge in [0.25, 0.3) is 0 Å². The Bertz CT molecular complexity index is 972. The van der Waals surface area contributed by atoms with Crippen molar-refractivity contribution < 1.29 is 14.1 Å². The standard InChI is InChI=1S/C24H28N4O3/c1-2-30-20-9-7-19(8-10-20)24-26-22(31-27-24)11-12-23(29)28-17-5-3-4-6-21(28)18-13-15-25-16-14-18/h7-10,13-16,21H,2-6,11-12,17H2,1H3. The lowest BCUT2D eigenvalue weighted by atomic mass is 10.0. The third-order valence-electron chi connectivity index (χ3n) is 5.61. The number of aryl methyl sites for hydroxylation is 1. The van der Waals surface area contributed by atoms with E-state index in [0.717, 1.165) is 49.1 Å². The third-order valence-corrected chi connectivity index (χ3v) is 5.61. The number of nitrogens with zero attached hydrogens (tertiary/aromatic N) is 4. The molecule has 1 aliphatic rings. The summed E-state index contributed by atoms with van der Waals surface area (Å²) < 4.78 is 10.9. The number of benzene rings is 1. The smallest absolute Gasteiger partial charge is 0.227 e. The van der Waals surface area contributed by atoms with E-state index in [0.29, 0.717) is 31.2 Å². The van der Waals surface area contributed by atoms with Gasteiger partial charge in [-0.1, -0.05) is 18.0 Å². The summed E-state index contributed by atoms with van der Waals surface area (Å²) in [7, 11) is 0. The quantitative estimate of drug-likeness (QED) is 0.555. The predicted molar refractivity (Wildman–Crippen MR) is 116 cm³/mol. The molecule has 1 aliphatic heterocycles. The summed E-state index contributed by atoms with van der Waals surface area (Å²) >= 11 is 0. The van der Waals surface area contributed by atoms with Crippen molar-refractivity contribution in [3.05, 3.63) is 60.2 Å². The first-order valence-corrected chi connectivity index (χ1v) is 11.0. The van der Waals surface area contributed by atoms with Crippen LogP contribution in [0.1, 0.15) is 56.5 Å². The molecule has 2 aromatic heterocycles. The first-order chi connectivity index (χ1) is 15.2. The van der Waals surface area contributed by atoms with Crippen molar-refractivity contribution in [3.63, 3.8) is 0 Å². The first-order valence-electron chi connectivity index (χ1n) is 11.0. The van der Waals surface area contributed by atoms with Gasteiger partial charge in [-0.2, -0.15) is 4.98 Å². The number of rotatable bonds is 7. The van der Waals surface area contributed by atoms with Gasteiger partial charge in [-0.05, 0) is 61.7 Å². The van der Waals surface area contributed by atoms with E-state index >= 15 is 0 Å². The number of amides is 1. The molecule has 1 amide bonds. The minimum absolute atomic E-state index is 0.111. The van der Waals surface area contributed by atoms with Crippen molar-refractivity contribution in [1.29, 1.82) is 0 Å². The Labute approximate surface area is 182 Å². The molecular weight excluding hydrogens is 392 g/mol. The molecule has 1 fully saturated rings. The third kappa shape index (κ3) is 5.29. The summed E-state index contributed by atoms with van der Waals surface area (Å²) in [6.07, 6.45) is 8.68. The molecule has 0 saturated carbocycles. The van der Waals surface area contributed by atoms with Crippen LogP contribution >= 0.6 is 0 Å². The fourth-order valence-electron chi connectivity index (χ4n) is 4.04. The number of hydrogen-bond acceptors (Lipinski definition) is 6. The molecule has 1 saturated heterocycles. The lowest BCUT2D eigenvalue weighted by Crippen LogP contribution is -2.35. The van der Waals surface area contributed by atoms with Crippen LogP contribution in [0.3, 0.4) is 0 Å². The van der Waals surface area contributed by atoms with Gasteiger partial charge >= 0.3 is 0 Å². The zero-order chi connectivity index (χ0) is 21.5. The van der Waals surface area contributed by atoms with Crippen molar-refractivity contribution in [2.24, 2.45) is 0 Å². The largest absolute Gasteiger partial charge is 0.494 e. The fourth-order valence-corrected chi connectivity index (χ4v) is 4.04. The van der Waals surface area contributed by atoms with Crippen LogP contribution in [-0.4, -0.2) is 39.1 Å². The van der Waals surface area contributed by atoms with Crippen LogP contribution in [0, 0.1) is 0 Å². The van der Waals surface area contributed by atoms with Gasteiger partial charge in [-0.15, -0.1) is 0 Å². The van der Waals surface area contributed by atoms with Gasteiger partial charge in [0, 0.05) is 37.3 Å². The highest BCUT2D eigenvalue weighted by molar-refractivity contribution is 5.77. The maximum atomic E-state index is 13.1. The van der Waals surface area contributed by atoms with E-state index in [9.17, 15) is 4.79 Å². The molecule has 0 aliphatic carbocycles. The number of carbonyl (C=O) groups excluding carboxylic acids is 1. The summed E-state index contributed by atoms with van der Waals surface area (Å²) in [6.45, 7) is 3.36. The highest BCUT2D eigenvalue weighted by atomic mass is 16.5. The predicted octanol–water partition coefficient (Wildman–Crippen LogP) is 4.61. The molecule has 0 bridgehead atoms. The molecule has 3 heterocycles. The normalized spacial score (nSPS) is 16.7. The van der Waals surface area contributed by atoms with Crippen LogP contribution in [0.25, 0.3) is 11.4 Å². The maximum Gasteiger partial charge on any atom is 0.227 e. The van der Waals surface area contributed by atoms with Gasteiger partial charge in [-0.3, -0.25) is 9.78 Å². The van der Waals surface area contributed by atoms with E-state index < -0.39 is 0 Å². The summed E-state index contributed by atoms with van der Waals surface area (Å²) in [6, 6.07) is 11.7. The highest BCUT2D eigenvalue weighted by Crippen LogP contribution is 2.30. The monoisotopic (exact) mass is 420 g/mol. The Balaban J connectivity index is 1.39. The Hall–Kier alpha value is -3.22. The van der Waals surface area contributed by atoms with Gasteiger partial charge < -0.3 is 14.2 Å². The van der Waals surface area contributed by atoms with Crippen molar-refractivity contribution in [2.45, 2.75) is 51.5 Å². The average molecular weight is 421 g/mol.